The summed E-state index contributed by atoms with van der Waals surface area (Å²) < 4.78 is 1.81. The molecule has 2 heterocycles. The average molecular weight is 329 g/mol. The van der Waals surface area contributed by atoms with Crippen molar-refractivity contribution in [3.63, 3.8) is 0 Å². The minimum Gasteiger partial charge on any atom is -0.334 e. The maximum absolute atomic E-state index is 12.1. The molecule has 1 N–H and O–H groups in total. The van der Waals surface area contributed by atoms with Crippen molar-refractivity contribution >= 4 is 6.03 Å². The number of hydrogen-bond acceptors (Lipinski definition) is 3. The Balaban J connectivity index is 1.95. The average Bonchev–Trinajstić information content (AvgIpc) is 2.82. The first-order chi connectivity index (χ1) is 11.2. The van der Waals surface area contributed by atoms with Gasteiger partial charge in [-0.2, -0.15) is 5.10 Å². The molecule has 2 rings (SSSR count). The summed E-state index contributed by atoms with van der Waals surface area (Å²) >= 11 is 0. The van der Waals surface area contributed by atoms with Crippen LogP contribution in [-0.4, -0.2) is 39.3 Å². The van der Waals surface area contributed by atoms with Crippen LogP contribution < -0.4 is 5.32 Å². The van der Waals surface area contributed by atoms with Crippen LogP contribution in [0.1, 0.15) is 37.7 Å². The maximum atomic E-state index is 12.1. The van der Waals surface area contributed by atoms with Crippen LogP contribution in [0.5, 0.6) is 0 Å². The largest absolute Gasteiger partial charge is 0.334 e. The van der Waals surface area contributed by atoms with E-state index in [-0.39, 0.29) is 11.4 Å². The third-order valence-corrected chi connectivity index (χ3v) is 3.54. The fourth-order valence-electron chi connectivity index (χ4n) is 2.60. The molecule has 0 aromatic carbocycles. The van der Waals surface area contributed by atoms with Crippen molar-refractivity contribution in [3.8, 4) is 5.82 Å². The lowest BCUT2D eigenvalue weighted by Crippen LogP contribution is -2.41. The molecule has 0 spiro atoms. The van der Waals surface area contributed by atoms with Gasteiger partial charge in [-0.1, -0.05) is 26.8 Å². The summed E-state index contributed by atoms with van der Waals surface area (Å²) in [6.07, 6.45) is 1.77. The lowest BCUT2D eigenvalue weighted by molar-refractivity contribution is 0.188. The van der Waals surface area contributed by atoms with Crippen molar-refractivity contribution in [2.45, 2.75) is 41.2 Å². The van der Waals surface area contributed by atoms with Gasteiger partial charge in [0.15, 0.2) is 5.82 Å². The summed E-state index contributed by atoms with van der Waals surface area (Å²) in [5.41, 5.74) is 3.05. The molecule has 6 heteroatoms. The predicted molar refractivity (Wildman–Crippen MR) is 95.2 cm³/mol. The Bertz CT molecular complexity index is 697. The molecule has 0 atom stereocenters. The van der Waals surface area contributed by atoms with E-state index < -0.39 is 0 Å². The Morgan fingerprint density at radius 3 is 2.50 bits per heavy atom. The van der Waals surface area contributed by atoms with Crippen molar-refractivity contribution in [2.75, 3.05) is 13.6 Å². The van der Waals surface area contributed by atoms with Crippen LogP contribution >= 0.6 is 0 Å². The van der Waals surface area contributed by atoms with Crippen LogP contribution in [0.15, 0.2) is 24.4 Å². The smallest absolute Gasteiger partial charge is 0.317 e. The van der Waals surface area contributed by atoms with Gasteiger partial charge in [-0.25, -0.2) is 14.5 Å². The molecule has 2 aromatic rings. The van der Waals surface area contributed by atoms with Gasteiger partial charge in [0, 0.05) is 32.0 Å². The zero-order chi connectivity index (χ0) is 17.9. The van der Waals surface area contributed by atoms with Crippen molar-refractivity contribution in [2.24, 2.45) is 5.41 Å². The maximum Gasteiger partial charge on any atom is 0.317 e. The second-order valence-electron chi connectivity index (χ2n) is 7.44. The normalized spacial score (nSPS) is 11.4. The highest BCUT2D eigenvalue weighted by molar-refractivity contribution is 5.73. The summed E-state index contributed by atoms with van der Waals surface area (Å²) in [7, 11) is 1.81. The van der Waals surface area contributed by atoms with Crippen molar-refractivity contribution in [1.29, 1.82) is 0 Å². The van der Waals surface area contributed by atoms with Gasteiger partial charge >= 0.3 is 6.03 Å². The molecule has 0 radical (unpaired) electrons. The van der Waals surface area contributed by atoms with E-state index in [1.165, 1.54) is 0 Å². The molecule has 0 saturated carbocycles. The fourth-order valence-corrected chi connectivity index (χ4v) is 2.60. The van der Waals surface area contributed by atoms with Crippen LogP contribution in [0, 0.1) is 19.3 Å². The summed E-state index contributed by atoms with van der Waals surface area (Å²) in [5, 5.41) is 7.34. The molecule has 0 aliphatic carbocycles. The number of nitrogens with one attached hydrogen (secondary N) is 1. The summed E-state index contributed by atoms with van der Waals surface area (Å²) in [6.45, 7) is 11.4. The molecule has 6 nitrogen and oxygen atoms in total. The van der Waals surface area contributed by atoms with Gasteiger partial charge in [-0.05, 0) is 37.0 Å². The molecule has 0 unspecified atom stereocenters. The van der Waals surface area contributed by atoms with Gasteiger partial charge in [0.25, 0.3) is 0 Å². The van der Waals surface area contributed by atoms with E-state index in [1.54, 1.807) is 11.1 Å². The zero-order valence-electron chi connectivity index (χ0n) is 15.4. The van der Waals surface area contributed by atoms with Gasteiger partial charge in [0.2, 0.25) is 0 Å². The summed E-state index contributed by atoms with van der Waals surface area (Å²) in [6, 6.07) is 5.82. The number of rotatable bonds is 4. The van der Waals surface area contributed by atoms with Crippen LogP contribution in [0.3, 0.4) is 0 Å². The molecule has 0 aliphatic rings. The highest BCUT2D eigenvalue weighted by atomic mass is 16.2. The van der Waals surface area contributed by atoms with Crippen LogP contribution in [0.4, 0.5) is 4.79 Å². The van der Waals surface area contributed by atoms with E-state index in [4.69, 9.17) is 0 Å². The number of amides is 2. The Hall–Kier alpha value is -2.37. The number of aryl methyl sites for hydroxylation is 2. The molecule has 2 amide bonds. The van der Waals surface area contributed by atoms with Gasteiger partial charge in [0.05, 0.1) is 5.69 Å². The number of pyridine rings is 1. The fraction of sp³-hybridized carbons (Fsp3) is 0.500. The van der Waals surface area contributed by atoms with E-state index in [1.807, 2.05) is 43.8 Å². The topological polar surface area (TPSA) is 63.1 Å². The van der Waals surface area contributed by atoms with Gasteiger partial charge in [-0.15, -0.1) is 0 Å². The second kappa shape index (κ2) is 7.03. The first-order valence-corrected chi connectivity index (χ1v) is 8.13. The SMILES string of the molecule is Cc1cc(C)n(-c2ccc(CNC(=O)N(C)CC(C)(C)C)cn2)n1. The van der Waals surface area contributed by atoms with E-state index in [0.29, 0.717) is 13.1 Å². The third-order valence-electron chi connectivity index (χ3n) is 3.54. The number of urea groups is 1. The monoisotopic (exact) mass is 329 g/mol. The zero-order valence-corrected chi connectivity index (χ0v) is 15.4. The number of carbonyl (C=O) groups is 1. The molecule has 2 aromatic heterocycles. The Morgan fingerprint density at radius 2 is 2.00 bits per heavy atom. The molecule has 0 fully saturated rings. The van der Waals surface area contributed by atoms with E-state index in [9.17, 15) is 4.79 Å². The minimum atomic E-state index is -0.0763. The lowest BCUT2D eigenvalue weighted by Gasteiger charge is -2.26. The van der Waals surface area contributed by atoms with Gasteiger partial charge in [0.1, 0.15) is 0 Å². The second-order valence-corrected chi connectivity index (χ2v) is 7.44. The van der Waals surface area contributed by atoms with E-state index in [0.717, 1.165) is 22.8 Å². The quantitative estimate of drug-likeness (QED) is 0.937. The molecule has 24 heavy (non-hydrogen) atoms. The molecule has 0 aliphatic heterocycles. The molecular weight excluding hydrogens is 302 g/mol. The minimum absolute atomic E-state index is 0.0763. The Labute approximate surface area is 143 Å². The highest BCUT2D eigenvalue weighted by Gasteiger charge is 2.17. The van der Waals surface area contributed by atoms with Crippen LogP contribution in [-0.2, 0) is 6.54 Å². The van der Waals surface area contributed by atoms with Gasteiger partial charge < -0.3 is 10.2 Å². The Morgan fingerprint density at radius 1 is 1.29 bits per heavy atom. The lowest BCUT2D eigenvalue weighted by atomic mass is 9.96. The first-order valence-electron chi connectivity index (χ1n) is 8.13. The predicted octanol–water partition coefficient (Wildman–Crippen LogP) is 3.07. The molecule has 0 saturated heterocycles. The van der Waals surface area contributed by atoms with Crippen LogP contribution in [0.2, 0.25) is 0 Å². The van der Waals surface area contributed by atoms with Crippen molar-refractivity contribution in [3.05, 3.63) is 41.3 Å². The standard InChI is InChI=1S/C18H27N5O/c1-13-9-14(2)23(21-13)16-8-7-15(10-19-16)11-20-17(24)22(6)12-18(3,4)5/h7-10H,11-12H2,1-6H3,(H,20,24). The molecule has 130 valence electrons. The highest BCUT2D eigenvalue weighted by Crippen LogP contribution is 2.14. The van der Waals surface area contributed by atoms with Gasteiger partial charge in [-0.3, -0.25) is 0 Å². The summed E-state index contributed by atoms with van der Waals surface area (Å²) in [4.78, 5) is 18.3. The number of hydrogen-bond donors (Lipinski definition) is 1. The van der Waals surface area contributed by atoms with E-state index in [2.05, 4.69) is 36.2 Å². The number of aromatic nitrogens is 3. The third kappa shape index (κ3) is 4.81. The van der Waals surface area contributed by atoms with E-state index >= 15 is 0 Å². The molecule has 0 bridgehead atoms. The van der Waals surface area contributed by atoms with Crippen molar-refractivity contribution < 1.29 is 4.79 Å². The first kappa shape index (κ1) is 18.0. The molecular formula is C18H27N5O. The number of carbonyl (C=O) groups excluding carboxylic acids is 1. The van der Waals surface area contributed by atoms with Crippen LogP contribution in [0.25, 0.3) is 5.82 Å². The Kier molecular flexibility index (Phi) is 5.26. The van der Waals surface area contributed by atoms with Crippen molar-refractivity contribution in [1.82, 2.24) is 25.0 Å². The number of nitrogens with zero attached hydrogens (tertiary/aromatic N) is 4. The summed E-state index contributed by atoms with van der Waals surface area (Å²) in [5.74, 6) is 0.778.